The van der Waals surface area contributed by atoms with Crippen molar-refractivity contribution in [3.05, 3.63) is 24.3 Å². The summed E-state index contributed by atoms with van der Waals surface area (Å²) in [6, 6.07) is 1.51. The highest BCUT2D eigenvalue weighted by Gasteiger charge is 2.59. The second-order valence-corrected chi connectivity index (χ2v) is 8.32. The van der Waals surface area contributed by atoms with E-state index in [4.69, 9.17) is 0 Å². The molecule has 0 amide bonds. The number of fused-ring (bicyclic) bond motifs is 1. The third kappa shape index (κ3) is 2.47. The average molecular weight is 343 g/mol. The minimum Gasteiger partial charge on any atom is -0.481 e. The van der Waals surface area contributed by atoms with Crippen LogP contribution in [0.25, 0.3) is 0 Å². The Morgan fingerprint density at radius 3 is 2.78 bits per heavy atom. The van der Waals surface area contributed by atoms with Gasteiger partial charge in [-0.1, -0.05) is 0 Å². The largest absolute Gasteiger partial charge is 0.481 e. The summed E-state index contributed by atoms with van der Waals surface area (Å²) in [5.74, 6) is -1.97. The standard InChI is InChI=1S/C14H18FN3O4S/c1-2-23(21,22)18-7-10-6-17(8-14(10,9-18)13(19)20)12-3-4-16-5-11(12)15/h3-5,10H,2,6-9H2,1H3,(H,19,20)/t10-,14-/m0/s1. The zero-order valence-corrected chi connectivity index (χ0v) is 13.5. The topological polar surface area (TPSA) is 90.8 Å². The van der Waals surface area contributed by atoms with E-state index in [0.29, 0.717) is 12.2 Å². The molecule has 3 rings (SSSR count). The second-order valence-electron chi connectivity index (χ2n) is 6.06. The van der Waals surface area contributed by atoms with Crippen LogP contribution in [0, 0.1) is 17.2 Å². The predicted molar refractivity (Wildman–Crippen MR) is 81.0 cm³/mol. The van der Waals surface area contributed by atoms with Gasteiger partial charge in [0.2, 0.25) is 10.0 Å². The average Bonchev–Trinajstić information content (AvgIpc) is 3.03. The summed E-state index contributed by atoms with van der Waals surface area (Å²) in [6.07, 6.45) is 2.54. The number of hydrogen-bond acceptors (Lipinski definition) is 5. The molecule has 1 aromatic heterocycles. The molecule has 2 saturated heterocycles. The van der Waals surface area contributed by atoms with Crippen LogP contribution in [-0.4, -0.2) is 60.7 Å². The maximum atomic E-state index is 13.9. The molecule has 3 heterocycles. The summed E-state index contributed by atoms with van der Waals surface area (Å²) in [5.41, 5.74) is -0.891. The number of anilines is 1. The molecule has 2 aliphatic heterocycles. The van der Waals surface area contributed by atoms with Crippen LogP contribution in [0.1, 0.15) is 6.92 Å². The molecular formula is C14H18FN3O4S. The number of aromatic nitrogens is 1. The number of halogens is 1. The van der Waals surface area contributed by atoms with Gasteiger partial charge < -0.3 is 10.0 Å². The molecule has 0 saturated carbocycles. The monoisotopic (exact) mass is 343 g/mol. The number of sulfonamides is 1. The third-order valence-corrected chi connectivity index (χ3v) is 6.65. The van der Waals surface area contributed by atoms with Gasteiger partial charge >= 0.3 is 5.97 Å². The quantitative estimate of drug-likeness (QED) is 0.851. The van der Waals surface area contributed by atoms with Crippen LogP contribution in [0.3, 0.4) is 0 Å². The summed E-state index contributed by atoms with van der Waals surface area (Å²) in [4.78, 5) is 17.2. The van der Waals surface area contributed by atoms with Gasteiger partial charge in [0, 0.05) is 38.3 Å². The third-order valence-electron chi connectivity index (χ3n) is 4.85. The van der Waals surface area contributed by atoms with Gasteiger partial charge in [-0.25, -0.2) is 17.1 Å². The molecule has 126 valence electrons. The summed E-state index contributed by atoms with van der Waals surface area (Å²) < 4.78 is 39.3. The van der Waals surface area contributed by atoms with Crippen LogP contribution >= 0.6 is 0 Å². The molecule has 1 aromatic rings. The zero-order valence-electron chi connectivity index (χ0n) is 12.6. The molecule has 23 heavy (non-hydrogen) atoms. The highest BCUT2D eigenvalue weighted by Crippen LogP contribution is 2.45. The number of carboxylic acid groups (broad SMARTS) is 1. The van der Waals surface area contributed by atoms with Gasteiger partial charge in [0.15, 0.2) is 5.82 Å². The minimum absolute atomic E-state index is 0.0574. The summed E-state index contributed by atoms with van der Waals surface area (Å²) in [5, 5.41) is 9.71. The lowest BCUT2D eigenvalue weighted by Crippen LogP contribution is -2.42. The Morgan fingerprint density at radius 1 is 1.48 bits per heavy atom. The van der Waals surface area contributed by atoms with Crippen LogP contribution in [0.4, 0.5) is 10.1 Å². The maximum Gasteiger partial charge on any atom is 0.313 e. The Hall–Kier alpha value is -1.74. The van der Waals surface area contributed by atoms with Crippen molar-refractivity contribution in [2.45, 2.75) is 6.92 Å². The number of rotatable bonds is 4. The van der Waals surface area contributed by atoms with Crippen molar-refractivity contribution in [2.75, 3.05) is 36.8 Å². The van der Waals surface area contributed by atoms with Gasteiger partial charge in [-0.3, -0.25) is 9.78 Å². The Balaban J connectivity index is 1.91. The Kier molecular flexibility index (Phi) is 3.80. The van der Waals surface area contributed by atoms with E-state index < -0.39 is 27.2 Å². The maximum absolute atomic E-state index is 13.9. The lowest BCUT2D eigenvalue weighted by molar-refractivity contribution is -0.148. The van der Waals surface area contributed by atoms with Crippen molar-refractivity contribution in [3.63, 3.8) is 0 Å². The number of hydrogen-bond donors (Lipinski definition) is 1. The smallest absolute Gasteiger partial charge is 0.313 e. The predicted octanol–water partition coefficient (Wildman–Crippen LogP) is 0.393. The fourth-order valence-electron chi connectivity index (χ4n) is 3.52. The van der Waals surface area contributed by atoms with Crippen molar-refractivity contribution in [1.29, 1.82) is 0 Å². The van der Waals surface area contributed by atoms with E-state index >= 15 is 0 Å². The Labute approximate surface area is 133 Å². The lowest BCUT2D eigenvalue weighted by Gasteiger charge is -2.26. The fourth-order valence-corrected chi connectivity index (χ4v) is 4.72. The van der Waals surface area contributed by atoms with Gasteiger partial charge in [0.1, 0.15) is 5.41 Å². The van der Waals surface area contributed by atoms with Crippen LogP contribution in [0.5, 0.6) is 0 Å². The van der Waals surface area contributed by atoms with Crippen molar-refractivity contribution >= 4 is 21.7 Å². The van der Waals surface area contributed by atoms with E-state index in [1.807, 2.05) is 0 Å². The van der Waals surface area contributed by atoms with Gasteiger partial charge in [-0.05, 0) is 13.0 Å². The normalized spacial score (nSPS) is 28.1. The first kappa shape index (κ1) is 16.1. The number of carboxylic acids is 1. The van der Waals surface area contributed by atoms with Crippen molar-refractivity contribution in [2.24, 2.45) is 11.3 Å². The van der Waals surface area contributed by atoms with E-state index in [0.717, 1.165) is 6.20 Å². The fraction of sp³-hybridized carbons (Fsp3) is 0.571. The summed E-state index contributed by atoms with van der Waals surface area (Å²) in [7, 11) is -3.43. The minimum atomic E-state index is -3.43. The van der Waals surface area contributed by atoms with Crippen molar-refractivity contribution in [1.82, 2.24) is 9.29 Å². The molecule has 0 aliphatic carbocycles. The molecule has 2 fully saturated rings. The number of carbonyl (C=O) groups is 1. The second kappa shape index (κ2) is 5.41. The zero-order chi connectivity index (χ0) is 16.8. The highest BCUT2D eigenvalue weighted by molar-refractivity contribution is 7.89. The van der Waals surface area contributed by atoms with Gasteiger partial charge in [-0.2, -0.15) is 0 Å². The van der Waals surface area contributed by atoms with Crippen LogP contribution < -0.4 is 4.90 Å². The molecule has 9 heteroatoms. The molecule has 2 aliphatic rings. The van der Waals surface area contributed by atoms with E-state index in [1.165, 1.54) is 23.5 Å². The first-order valence-electron chi connectivity index (χ1n) is 7.36. The summed E-state index contributed by atoms with van der Waals surface area (Å²) >= 11 is 0. The van der Waals surface area contributed by atoms with Crippen LogP contribution in [-0.2, 0) is 14.8 Å². The van der Waals surface area contributed by atoms with Crippen LogP contribution in [0.15, 0.2) is 18.5 Å². The Morgan fingerprint density at radius 2 is 2.22 bits per heavy atom. The molecule has 0 bridgehead atoms. The van der Waals surface area contributed by atoms with E-state index in [-0.39, 0.29) is 31.3 Å². The lowest BCUT2D eigenvalue weighted by atomic mass is 9.81. The van der Waals surface area contributed by atoms with Crippen molar-refractivity contribution < 1.29 is 22.7 Å². The molecule has 7 nitrogen and oxygen atoms in total. The van der Waals surface area contributed by atoms with E-state index in [2.05, 4.69) is 4.98 Å². The SMILES string of the molecule is CCS(=O)(=O)N1C[C@@H]2CN(c3ccncc3F)C[C@]2(C(=O)O)C1. The van der Waals surface area contributed by atoms with Crippen LogP contribution in [0.2, 0.25) is 0 Å². The molecule has 0 aromatic carbocycles. The molecule has 2 atom stereocenters. The van der Waals surface area contributed by atoms with Gasteiger partial charge in [-0.15, -0.1) is 0 Å². The van der Waals surface area contributed by atoms with Gasteiger partial charge in [0.05, 0.1) is 17.6 Å². The first-order valence-corrected chi connectivity index (χ1v) is 8.97. The molecule has 1 N–H and O–H groups in total. The molecule has 0 radical (unpaired) electrons. The molecular weight excluding hydrogens is 325 g/mol. The van der Waals surface area contributed by atoms with Gasteiger partial charge in [0.25, 0.3) is 0 Å². The molecule has 0 spiro atoms. The van der Waals surface area contributed by atoms with E-state index in [1.54, 1.807) is 4.90 Å². The van der Waals surface area contributed by atoms with E-state index in [9.17, 15) is 22.7 Å². The van der Waals surface area contributed by atoms with Crippen molar-refractivity contribution in [3.8, 4) is 0 Å². The highest BCUT2D eigenvalue weighted by atomic mass is 32.2. The first-order chi connectivity index (χ1) is 10.8. The Bertz CT molecular complexity index is 741. The number of pyridine rings is 1. The summed E-state index contributed by atoms with van der Waals surface area (Å²) in [6.45, 7) is 2.03. The number of aliphatic carboxylic acids is 1. The molecule has 0 unspecified atom stereocenters. The number of nitrogens with zero attached hydrogens (tertiary/aromatic N) is 3.